The topological polar surface area (TPSA) is 46.9 Å². The molecule has 5 heteroatoms. The molecular weight excluding hydrogens is 310 g/mol. The second kappa shape index (κ2) is 7.11. The minimum absolute atomic E-state index is 0.149. The predicted octanol–water partition coefficient (Wildman–Crippen LogP) is 3.51. The third kappa shape index (κ3) is 4.20. The Morgan fingerprint density at radius 3 is 2.65 bits per heavy atom. The Hall–Kier alpha value is -2.59. The monoisotopic (exact) mass is 325 g/mol. The number of carbonyl (C=O) groups is 1. The van der Waals surface area contributed by atoms with Gasteiger partial charge in [0.2, 0.25) is 0 Å². The highest BCUT2D eigenvalue weighted by molar-refractivity contribution is 6.30. The van der Waals surface area contributed by atoms with Gasteiger partial charge >= 0.3 is 0 Å². The Kier molecular flexibility index (Phi) is 4.74. The number of nitrogens with zero attached hydrogens (tertiary/aromatic N) is 2. The van der Waals surface area contributed by atoms with Crippen molar-refractivity contribution in [3.8, 4) is 0 Å². The number of nitrogens with one attached hydrogen (secondary N) is 1. The van der Waals surface area contributed by atoms with Gasteiger partial charge in [-0.2, -0.15) is 5.10 Å². The van der Waals surface area contributed by atoms with E-state index in [1.54, 1.807) is 23.1 Å². The van der Waals surface area contributed by atoms with Crippen LogP contribution < -0.4 is 5.32 Å². The van der Waals surface area contributed by atoms with Crippen LogP contribution >= 0.6 is 11.6 Å². The van der Waals surface area contributed by atoms with Crippen LogP contribution in [0.4, 0.5) is 0 Å². The number of rotatable bonds is 5. The molecule has 0 saturated carbocycles. The van der Waals surface area contributed by atoms with Gasteiger partial charge in [-0.3, -0.25) is 9.48 Å². The van der Waals surface area contributed by atoms with Crippen LogP contribution in [-0.2, 0) is 13.1 Å². The smallest absolute Gasteiger partial charge is 0.254 e. The molecule has 4 nitrogen and oxygen atoms in total. The molecule has 0 aliphatic heterocycles. The van der Waals surface area contributed by atoms with Crippen molar-refractivity contribution in [2.24, 2.45) is 0 Å². The Labute approximate surface area is 139 Å². The van der Waals surface area contributed by atoms with Crippen molar-refractivity contribution in [1.82, 2.24) is 15.1 Å². The SMILES string of the molecule is O=C(NCc1cccc(Cl)c1)c1cnn(Cc2ccccc2)c1. The highest BCUT2D eigenvalue weighted by Crippen LogP contribution is 2.10. The lowest BCUT2D eigenvalue weighted by molar-refractivity contribution is 0.0951. The van der Waals surface area contributed by atoms with E-state index in [-0.39, 0.29) is 5.91 Å². The maximum Gasteiger partial charge on any atom is 0.254 e. The molecule has 3 aromatic rings. The first-order chi connectivity index (χ1) is 11.2. The first kappa shape index (κ1) is 15.3. The molecule has 23 heavy (non-hydrogen) atoms. The van der Waals surface area contributed by atoms with E-state index in [1.807, 2.05) is 48.5 Å². The lowest BCUT2D eigenvalue weighted by atomic mass is 10.2. The predicted molar refractivity (Wildman–Crippen MR) is 90.4 cm³/mol. The fraction of sp³-hybridized carbons (Fsp3) is 0.111. The number of hydrogen-bond donors (Lipinski definition) is 1. The zero-order valence-electron chi connectivity index (χ0n) is 12.4. The van der Waals surface area contributed by atoms with Gasteiger partial charge < -0.3 is 5.32 Å². The van der Waals surface area contributed by atoms with E-state index in [2.05, 4.69) is 10.4 Å². The summed E-state index contributed by atoms with van der Waals surface area (Å²) in [6.45, 7) is 1.08. The Morgan fingerprint density at radius 1 is 1.09 bits per heavy atom. The maximum atomic E-state index is 12.2. The summed E-state index contributed by atoms with van der Waals surface area (Å²) < 4.78 is 1.75. The second-order valence-electron chi connectivity index (χ2n) is 5.22. The molecule has 0 radical (unpaired) electrons. The maximum absolute atomic E-state index is 12.2. The fourth-order valence-electron chi connectivity index (χ4n) is 2.27. The van der Waals surface area contributed by atoms with Crippen molar-refractivity contribution in [2.75, 3.05) is 0 Å². The van der Waals surface area contributed by atoms with Crippen LogP contribution in [0, 0.1) is 0 Å². The molecule has 1 amide bonds. The van der Waals surface area contributed by atoms with Gasteiger partial charge in [-0.15, -0.1) is 0 Å². The number of hydrogen-bond acceptors (Lipinski definition) is 2. The normalized spacial score (nSPS) is 10.5. The molecule has 1 N–H and O–H groups in total. The van der Waals surface area contributed by atoms with E-state index in [0.29, 0.717) is 23.7 Å². The van der Waals surface area contributed by atoms with Crippen LogP contribution in [0.3, 0.4) is 0 Å². The first-order valence-corrected chi connectivity index (χ1v) is 7.67. The molecule has 0 saturated heterocycles. The van der Waals surface area contributed by atoms with Gasteiger partial charge in [-0.05, 0) is 23.3 Å². The standard InChI is InChI=1S/C18H16ClN3O/c19-17-8-4-7-15(9-17)10-20-18(23)16-11-21-22(13-16)12-14-5-2-1-3-6-14/h1-9,11,13H,10,12H2,(H,20,23). The van der Waals surface area contributed by atoms with Crippen molar-refractivity contribution >= 4 is 17.5 Å². The molecule has 1 heterocycles. The molecule has 2 aromatic carbocycles. The van der Waals surface area contributed by atoms with Crippen LogP contribution in [0.15, 0.2) is 67.0 Å². The van der Waals surface area contributed by atoms with Crippen molar-refractivity contribution < 1.29 is 4.79 Å². The number of carbonyl (C=O) groups excluding carboxylic acids is 1. The minimum Gasteiger partial charge on any atom is -0.348 e. The molecular formula is C18H16ClN3O. The number of aromatic nitrogens is 2. The number of amides is 1. The Bertz CT molecular complexity index is 799. The molecule has 0 spiro atoms. The first-order valence-electron chi connectivity index (χ1n) is 7.30. The molecule has 0 fully saturated rings. The summed E-state index contributed by atoms with van der Waals surface area (Å²) in [5.74, 6) is -0.149. The summed E-state index contributed by atoms with van der Waals surface area (Å²) in [7, 11) is 0. The van der Waals surface area contributed by atoms with Crippen LogP contribution in [0.1, 0.15) is 21.5 Å². The average molecular weight is 326 g/mol. The van der Waals surface area contributed by atoms with E-state index in [4.69, 9.17) is 11.6 Å². The summed E-state index contributed by atoms with van der Waals surface area (Å²) in [5.41, 5.74) is 2.65. The van der Waals surface area contributed by atoms with E-state index in [0.717, 1.165) is 11.1 Å². The van der Waals surface area contributed by atoms with Gasteiger partial charge in [-0.25, -0.2) is 0 Å². The fourth-order valence-corrected chi connectivity index (χ4v) is 2.48. The van der Waals surface area contributed by atoms with E-state index >= 15 is 0 Å². The molecule has 1 aromatic heterocycles. The van der Waals surface area contributed by atoms with Crippen molar-refractivity contribution in [2.45, 2.75) is 13.1 Å². The minimum atomic E-state index is -0.149. The van der Waals surface area contributed by atoms with Crippen LogP contribution in [0.25, 0.3) is 0 Å². The number of halogens is 1. The van der Waals surface area contributed by atoms with Crippen LogP contribution in [-0.4, -0.2) is 15.7 Å². The third-order valence-electron chi connectivity index (χ3n) is 3.42. The van der Waals surface area contributed by atoms with E-state index < -0.39 is 0 Å². The van der Waals surface area contributed by atoms with Crippen LogP contribution in [0.5, 0.6) is 0 Å². The zero-order valence-corrected chi connectivity index (χ0v) is 13.2. The van der Waals surface area contributed by atoms with Crippen molar-refractivity contribution in [3.05, 3.63) is 88.7 Å². The average Bonchev–Trinajstić information content (AvgIpc) is 3.02. The third-order valence-corrected chi connectivity index (χ3v) is 3.66. The van der Waals surface area contributed by atoms with Gasteiger partial charge in [0.25, 0.3) is 5.91 Å². The summed E-state index contributed by atoms with van der Waals surface area (Å²) in [6.07, 6.45) is 3.33. The summed E-state index contributed by atoms with van der Waals surface area (Å²) in [5, 5.41) is 7.76. The van der Waals surface area contributed by atoms with Crippen molar-refractivity contribution in [3.63, 3.8) is 0 Å². The molecule has 3 rings (SSSR count). The van der Waals surface area contributed by atoms with Gasteiger partial charge in [0, 0.05) is 17.8 Å². The van der Waals surface area contributed by atoms with E-state index in [1.165, 1.54) is 0 Å². The molecule has 0 atom stereocenters. The molecule has 0 aliphatic rings. The lowest BCUT2D eigenvalue weighted by Crippen LogP contribution is -2.22. The molecule has 0 bridgehead atoms. The molecule has 0 aliphatic carbocycles. The number of benzene rings is 2. The Balaban J connectivity index is 1.60. The Morgan fingerprint density at radius 2 is 1.87 bits per heavy atom. The molecule has 0 unspecified atom stereocenters. The summed E-state index contributed by atoms with van der Waals surface area (Å²) >= 11 is 5.93. The van der Waals surface area contributed by atoms with Crippen molar-refractivity contribution in [1.29, 1.82) is 0 Å². The van der Waals surface area contributed by atoms with Crippen LogP contribution in [0.2, 0.25) is 5.02 Å². The summed E-state index contributed by atoms with van der Waals surface area (Å²) in [6, 6.07) is 17.4. The largest absolute Gasteiger partial charge is 0.348 e. The highest BCUT2D eigenvalue weighted by Gasteiger charge is 2.08. The summed E-state index contributed by atoms with van der Waals surface area (Å²) in [4.78, 5) is 12.2. The van der Waals surface area contributed by atoms with Gasteiger partial charge in [0.15, 0.2) is 0 Å². The van der Waals surface area contributed by atoms with Gasteiger partial charge in [-0.1, -0.05) is 54.1 Å². The van der Waals surface area contributed by atoms with E-state index in [9.17, 15) is 4.79 Å². The molecule has 116 valence electrons. The lowest BCUT2D eigenvalue weighted by Gasteiger charge is -2.04. The van der Waals surface area contributed by atoms with Gasteiger partial charge in [0.05, 0.1) is 18.3 Å². The highest BCUT2D eigenvalue weighted by atomic mass is 35.5. The quantitative estimate of drug-likeness (QED) is 0.780. The zero-order chi connectivity index (χ0) is 16.1. The second-order valence-corrected chi connectivity index (χ2v) is 5.66. The van der Waals surface area contributed by atoms with Gasteiger partial charge in [0.1, 0.15) is 0 Å².